The van der Waals surface area contributed by atoms with Gasteiger partial charge in [0.15, 0.2) is 0 Å². The zero-order valence-electron chi connectivity index (χ0n) is 13.2. The first-order chi connectivity index (χ1) is 10.6. The fraction of sp³-hybridized carbons (Fsp3) is 0.625. The molecule has 0 aromatic carbocycles. The third kappa shape index (κ3) is 2.82. The predicted octanol–water partition coefficient (Wildman–Crippen LogP) is 1.26. The number of hydrogen-bond acceptors (Lipinski definition) is 4. The lowest BCUT2D eigenvalue weighted by Crippen LogP contribution is -2.51. The van der Waals surface area contributed by atoms with Crippen molar-refractivity contribution in [3.63, 3.8) is 0 Å². The molecule has 0 unspecified atom stereocenters. The molecule has 3 heterocycles. The molecule has 0 saturated carbocycles. The predicted molar refractivity (Wildman–Crippen MR) is 81.2 cm³/mol. The Morgan fingerprint density at radius 2 is 2.18 bits per heavy atom. The molecule has 2 aliphatic rings. The zero-order chi connectivity index (χ0) is 15.7. The van der Waals surface area contributed by atoms with Gasteiger partial charge in [-0.3, -0.25) is 9.59 Å². The molecule has 0 bridgehead atoms. The number of likely N-dealkylation sites (tertiary alicyclic amines) is 2. The van der Waals surface area contributed by atoms with Gasteiger partial charge in [-0.25, -0.2) is 9.97 Å². The number of rotatable bonds is 1. The normalized spacial score (nSPS) is 25.6. The van der Waals surface area contributed by atoms with E-state index < -0.39 is 0 Å². The van der Waals surface area contributed by atoms with Gasteiger partial charge in [-0.1, -0.05) is 0 Å². The van der Waals surface area contributed by atoms with Gasteiger partial charge in [0.2, 0.25) is 5.91 Å². The number of aryl methyl sites for hydroxylation is 1. The molecule has 118 valence electrons. The van der Waals surface area contributed by atoms with Gasteiger partial charge in [0.05, 0.1) is 0 Å². The molecule has 3 rings (SSSR count). The highest BCUT2D eigenvalue weighted by Gasteiger charge is 2.37. The molecule has 1 aromatic heterocycles. The highest BCUT2D eigenvalue weighted by Crippen LogP contribution is 2.30. The van der Waals surface area contributed by atoms with E-state index in [2.05, 4.69) is 9.97 Å². The van der Waals surface area contributed by atoms with Crippen LogP contribution >= 0.6 is 0 Å². The molecule has 0 radical (unpaired) electrons. The van der Waals surface area contributed by atoms with Crippen LogP contribution in [0.3, 0.4) is 0 Å². The number of piperidine rings is 1. The first kappa shape index (κ1) is 14.9. The van der Waals surface area contributed by atoms with Crippen LogP contribution in [0, 0.1) is 12.8 Å². The van der Waals surface area contributed by atoms with Crippen molar-refractivity contribution < 1.29 is 9.59 Å². The summed E-state index contributed by atoms with van der Waals surface area (Å²) in [6, 6.07) is 1.94. The van der Waals surface area contributed by atoms with Gasteiger partial charge >= 0.3 is 0 Å². The van der Waals surface area contributed by atoms with Crippen molar-refractivity contribution in [2.45, 2.75) is 38.6 Å². The Morgan fingerprint density at radius 1 is 1.36 bits per heavy atom. The molecule has 2 aliphatic heterocycles. The van der Waals surface area contributed by atoms with Crippen LogP contribution in [-0.2, 0) is 4.79 Å². The summed E-state index contributed by atoms with van der Waals surface area (Å²) in [5.74, 6) is 1.19. The van der Waals surface area contributed by atoms with Crippen molar-refractivity contribution in [1.29, 1.82) is 0 Å². The first-order valence-electron chi connectivity index (χ1n) is 7.91. The van der Waals surface area contributed by atoms with Gasteiger partial charge in [0, 0.05) is 38.8 Å². The van der Waals surface area contributed by atoms with E-state index in [1.54, 1.807) is 19.2 Å². The molecule has 6 heteroatoms. The molecule has 22 heavy (non-hydrogen) atoms. The number of carbonyl (C=O) groups is 2. The maximum Gasteiger partial charge on any atom is 0.272 e. The maximum absolute atomic E-state index is 12.6. The Labute approximate surface area is 130 Å². The van der Waals surface area contributed by atoms with Crippen molar-refractivity contribution in [3.8, 4) is 0 Å². The van der Waals surface area contributed by atoms with Crippen LogP contribution in [0.4, 0.5) is 0 Å². The lowest BCUT2D eigenvalue weighted by Gasteiger charge is -2.41. The summed E-state index contributed by atoms with van der Waals surface area (Å²) in [7, 11) is 1.90. The molecule has 6 nitrogen and oxygen atoms in total. The van der Waals surface area contributed by atoms with Crippen molar-refractivity contribution in [2.24, 2.45) is 5.92 Å². The molecular formula is C16H22N4O2. The second-order valence-electron chi connectivity index (χ2n) is 6.25. The van der Waals surface area contributed by atoms with Crippen LogP contribution in [0.2, 0.25) is 0 Å². The van der Waals surface area contributed by atoms with Gasteiger partial charge in [0.1, 0.15) is 11.5 Å². The van der Waals surface area contributed by atoms with Crippen molar-refractivity contribution in [3.05, 3.63) is 23.8 Å². The second kappa shape index (κ2) is 6.02. The lowest BCUT2D eigenvalue weighted by molar-refractivity contribution is -0.132. The van der Waals surface area contributed by atoms with Gasteiger partial charge < -0.3 is 9.80 Å². The number of amides is 2. The average Bonchev–Trinajstić information content (AvgIpc) is 2.66. The largest absolute Gasteiger partial charge is 0.342 e. The Bertz CT molecular complexity index is 589. The fourth-order valence-corrected chi connectivity index (χ4v) is 3.61. The maximum atomic E-state index is 12.6. The molecule has 1 aromatic rings. The van der Waals surface area contributed by atoms with E-state index in [0.717, 1.165) is 19.3 Å². The number of hydrogen-bond donors (Lipinski definition) is 0. The zero-order valence-corrected chi connectivity index (χ0v) is 13.2. The molecule has 2 atom stereocenters. The summed E-state index contributed by atoms with van der Waals surface area (Å²) in [4.78, 5) is 36.6. The van der Waals surface area contributed by atoms with Crippen LogP contribution in [-0.4, -0.2) is 57.8 Å². The summed E-state index contributed by atoms with van der Waals surface area (Å²) < 4.78 is 0. The smallest absolute Gasteiger partial charge is 0.272 e. The minimum Gasteiger partial charge on any atom is -0.342 e. The molecule has 0 aliphatic carbocycles. The third-order valence-corrected chi connectivity index (χ3v) is 4.83. The van der Waals surface area contributed by atoms with Crippen LogP contribution < -0.4 is 0 Å². The van der Waals surface area contributed by atoms with E-state index in [4.69, 9.17) is 0 Å². The van der Waals surface area contributed by atoms with E-state index >= 15 is 0 Å². The van der Waals surface area contributed by atoms with Crippen molar-refractivity contribution in [1.82, 2.24) is 19.8 Å². The van der Waals surface area contributed by atoms with Crippen molar-refractivity contribution in [2.75, 3.05) is 20.1 Å². The summed E-state index contributed by atoms with van der Waals surface area (Å²) in [5.41, 5.74) is 0.462. The van der Waals surface area contributed by atoms with Crippen LogP contribution in [0.5, 0.6) is 0 Å². The summed E-state index contributed by atoms with van der Waals surface area (Å²) >= 11 is 0. The second-order valence-corrected chi connectivity index (χ2v) is 6.25. The first-order valence-corrected chi connectivity index (χ1v) is 7.91. The number of aromatic nitrogens is 2. The Hall–Kier alpha value is -1.98. The highest BCUT2D eigenvalue weighted by atomic mass is 16.2. The van der Waals surface area contributed by atoms with Gasteiger partial charge in [-0.2, -0.15) is 0 Å². The monoisotopic (exact) mass is 302 g/mol. The summed E-state index contributed by atoms with van der Waals surface area (Å²) in [6.45, 7) is 3.18. The molecular weight excluding hydrogens is 280 g/mol. The third-order valence-electron chi connectivity index (χ3n) is 4.83. The minimum atomic E-state index is -0.0258. The SMILES string of the molecule is Cc1nccc(C(=O)N2CC[C@@H]3[C@@H](CCCC(=O)N3C)C2)n1. The van der Waals surface area contributed by atoms with E-state index in [9.17, 15) is 9.59 Å². The summed E-state index contributed by atoms with van der Waals surface area (Å²) in [5, 5.41) is 0. The standard InChI is InChI=1S/C16H22N4O2/c1-11-17-8-6-13(18-11)16(22)20-9-7-14-12(10-20)4-3-5-15(21)19(14)2/h6,8,12,14H,3-5,7,9-10H2,1-2H3/t12-,14+/m0/s1. The Kier molecular flexibility index (Phi) is 4.09. The minimum absolute atomic E-state index is 0.0258. The fourth-order valence-electron chi connectivity index (χ4n) is 3.61. The van der Waals surface area contributed by atoms with E-state index in [0.29, 0.717) is 36.9 Å². The summed E-state index contributed by atoms with van der Waals surface area (Å²) in [6.07, 6.45) is 5.03. The molecule has 2 amide bonds. The van der Waals surface area contributed by atoms with Gasteiger partial charge in [0.25, 0.3) is 5.91 Å². The quantitative estimate of drug-likeness (QED) is 0.783. The van der Waals surface area contributed by atoms with Gasteiger partial charge in [-0.15, -0.1) is 0 Å². The number of carbonyl (C=O) groups excluding carboxylic acids is 2. The van der Waals surface area contributed by atoms with Crippen molar-refractivity contribution >= 4 is 11.8 Å². The number of nitrogens with zero attached hydrogens (tertiary/aromatic N) is 4. The number of fused-ring (bicyclic) bond motifs is 1. The topological polar surface area (TPSA) is 66.4 Å². The lowest BCUT2D eigenvalue weighted by atomic mass is 9.88. The Balaban J connectivity index is 1.73. The van der Waals surface area contributed by atoms with Crippen LogP contribution in [0.15, 0.2) is 12.3 Å². The van der Waals surface area contributed by atoms with E-state index in [1.807, 2.05) is 16.8 Å². The molecule has 0 N–H and O–H groups in total. The molecule has 2 fully saturated rings. The highest BCUT2D eigenvalue weighted by molar-refractivity contribution is 5.92. The van der Waals surface area contributed by atoms with Crippen LogP contribution in [0.1, 0.15) is 42.0 Å². The average molecular weight is 302 g/mol. The molecule has 0 spiro atoms. The van der Waals surface area contributed by atoms with Gasteiger partial charge in [-0.05, 0) is 38.2 Å². The molecule has 2 saturated heterocycles. The van der Waals surface area contributed by atoms with E-state index in [-0.39, 0.29) is 17.9 Å². The van der Waals surface area contributed by atoms with Crippen LogP contribution in [0.25, 0.3) is 0 Å². The van der Waals surface area contributed by atoms with E-state index in [1.165, 1.54) is 0 Å². The Morgan fingerprint density at radius 3 is 2.95 bits per heavy atom.